The van der Waals surface area contributed by atoms with Crippen molar-refractivity contribution in [1.29, 1.82) is 0 Å². The number of carbonyl (C=O) groups excluding carboxylic acids is 1. The number of Topliss-reactive ketones (excluding diaryl/α,β-unsaturated/α-hetero) is 1. The van der Waals surface area contributed by atoms with Crippen LogP contribution in [0.1, 0.15) is 23.8 Å². The van der Waals surface area contributed by atoms with Gasteiger partial charge in [-0.05, 0) is 6.07 Å². The summed E-state index contributed by atoms with van der Waals surface area (Å²) < 4.78 is 1.64. The molecule has 0 fully saturated rings. The van der Waals surface area contributed by atoms with Gasteiger partial charge in [-0.2, -0.15) is 5.10 Å². The number of hydrogen-bond donors (Lipinski definition) is 0. The van der Waals surface area contributed by atoms with Crippen molar-refractivity contribution in [2.45, 2.75) is 13.3 Å². The standard InChI is InChI=1S/C10H10ClN3O/c1-3-8(15)10-6-4-9(11)12-5-7(6)14(2)13-10/h4-5H,3H2,1-2H3. The highest BCUT2D eigenvalue weighted by molar-refractivity contribution is 6.30. The lowest BCUT2D eigenvalue weighted by molar-refractivity contribution is 0.0984. The van der Waals surface area contributed by atoms with Crippen LogP contribution in [0.2, 0.25) is 5.15 Å². The minimum Gasteiger partial charge on any atom is -0.292 e. The summed E-state index contributed by atoms with van der Waals surface area (Å²) in [5.74, 6) is 0.0165. The molecule has 0 saturated heterocycles. The quantitative estimate of drug-likeness (QED) is 0.579. The van der Waals surface area contributed by atoms with Crippen molar-refractivity contribution in [3.8, 4) is 0 Å². The zero-order valence-corrected chi connectivity index (χ0v) is 9.25. The van der Waals surface area contributed by atoms with E-state index in [9.17, 15) is 4.79 Å². The fourth-order valence-corrected chi connectivity index (χ4v) is 1.66. The van der Waals surface area contributed by atoms with Crippen LogP contribution in [0, 0.1) is 0 Å². The molecule has 0 spiro atoms. The van der Waals surface area contributed by atoms with E-state index in [1.54, 1.807) is 24.0 Å². The van der Waals surface area contributed by atoms with Crippen LogP contribution in [0.25, 0.3) is 10.9 Å². The summed E-state index contributed by atoms with van der Waals surface area (Å²) in [5, 5.41) is 5.31. The van der Waals surface area contributed by atoms with Gasteiger partial charge in [0.25, 0.3) is 0 Å². The molecule has 0 bridgehead atoms. The van der Waals surface area contributed by atoms with Gasteiger partial charge in [0.05, 0.1) is 11.7 Å². The number of pyridine rings is 1. The maximum absolute atomic E-state index is 11.6. The Morgan fingerprint density at radius 3 is 3.00 bits per heavy atom. The van der Waals surface area contributed by atoms with Gasteiger partial charge in [-0.3, -0.25) is 9.48 Å². The Morgan fingerprint density at radius 1 is 1.60 bits per heavy atom. The van der Waals surface area contributed by atoms with Gasteiger partial charge in [-0.25, -0.2) is 4.98 Å². The molecule has 15 heavy (non-hydrogen) atoms. The maximum atomic E-state index is 11.6. The van der Waals surface area contributed by atoms with Crippen molar-refractivity contribution in [2.24, 2.45) is 7.05 Å². The molecule has 2 aromatic heterocycles. The van der Waals surface area contributed by atoms with E-state index in [0.717, 1.165) is 10.9 Å². The van der Waals surface area contributed by atoms with Gasteiger partial charge in [-0.1, -0.05) is 18.5 Å². The first-order chi connectivity index (χ1) is 7.13. The molecule has 0 radical (unpaired) electrons. The van der Waals surface area contributed by atoms with Crippen LogP contribution < -0.4 is 0 Å². The van der Waals surface area contributed by atoms with Crippen LogP contribution in [0.3, 0.4) is 0 Å². The Balaban J connectivity index is 2.75. The van der Waals surface area contributed by atoms with Crippen LogP contribution in [-0.2, 0) is 7.05 Å². The van der Waals surface area contributed by atoms with Crippen LogP contribution in [-0.4, -0.2) is 20.5 Å². The molecule has 0 aliphatic heterocycles. The minimum absolute atomic E-state index is 0.0165. The monoisotopic (exact) mass is 223 g/mol. The molecular formula is C10H10ClN3O. The SMILES string of the molecule is CCC(=O)c1nn(C)c2cnc(Cl)cc12. The summed E-state index contributed by atoms with van der Waals surface area (Å²) in [6.45, 7) is 1.81. The van der Waals surface area contributed by atoms with Crippen molar-refractivity contribution < 1.29 is 4.79 Å². The van der Waals surface area contributed by atoms with E-state index < -0.39 is 0 Å². The third-order valence-corrected chi connectivity index (χ3v) is 2.50. The van der Waals surface area contributed by atoms with Gasteiger partial charge in [0.15, 0.2) is 5.78 Å². The summed E-state index contributed by atoms with van der Waals surface area (Å²) in [7, 11) is 1.78. The molecular weight excluding hydrogens is 214 g/mol. The summed E-state index contributed by atoms with van der Waals surface area (Å²) >= 11 is 5.79. The fraction of sp³-hybridized carbons (Fsp3) is 0.300. The van der Waals surface area contributed by atoms with Gasteiger partial charge in [0, 0.05) is 18.9 Å². The second kappa shape index (κ2) is 3.62. The number of hydrogen-bond acceptors (Lipinski definition) is 3. The molecule has 2 rings (SSSR count). The number of aryl methyl sites for hydroxylation is 1. The third-order valence-electron chi connectivity index (χ3n) is 2.29. The van der Waals surface area contributed by atoms with Crippen LogP contribution in [0.4, 0.5) is 0 Å². The highest BCUT2D eigenvalue weighted by atomic mass is 35.5. The van der Waals surface area contributed by atoms with Crippen molar-refractivity contribution in [1.82, 2.24) is 14.8 Å². The lowest BCUT2D eigenvalue weighted by Crippen LogP contribution is -1.99. The number of halogens is 1. The van der Waals surface area contributed by atoms with Gasteiger partial charge in [-0.15, -0.1) is 0 Å². The number of rotatable bonds is 2. The van der Waals surface area contributed by atoms with Crippen molar-refractivity contribution in [2.75, 3.05) is 0 Å². The molecule has 0 unspecified atom stereocenters. The molecule has 5 heteroatoms. The molecule has 0 N–H and O–H groups in total. The average Bonchev–Trinajstić information content (AvgIpc) is 2.54. The molecule has 2 aromatic rings. The van der Waals surface area contributed by atoms with Crippen LogP contribution >= 0.6 is 11.6 Å². The van der Waals surface area contributed by atoms with Gasteiger partial charge in [0.1, 0.15) is 10.8 Å². The summed E-state index contributed by atoms with van der Waals surface area (Å²) in [5.41, 5.74) is 1.29. The molecule has 0 aliphatic rings. The summed E-state index contributed by atoms with van der Waals surface area (Å²) in [6.07, 6.45) is 2.06. The molecule has 78 valence electrons. The van der Waals surface area contributed by atoms with E-state index in [2.05, 4.69) is 10.1 Å². The van der Waals surface area contributed by atoms with Crippen LogP contribution in [0.15, 0.2) is 12.3 Å². The number of nitrogens with zero attached hydrogens (tertiary/aromatic N) is 3. The van der Waals surface area contributed by atoms with E-state index in [1.165, 1.54) is 0 Å². The number of carbonyl (C=O) groups is 1. The molecule has 0 aliphatic carbocycles. The number of fused-ring (bicyclic) bond motifs is 1. The predicted octanol–water partition coefficient (Wildman–Crippen LogP) is 2.21. The highest BCUT2D eigenvalue weighted by Crippen LogP contribution is 2.21. The molecule has 4 nitrogen and oxygen atoms in total. The van der Waals surface area contributed by atoms with Crippen LogP contribution in [0.5, 0.6) is 0 Å². The largest absolute Gasteiger partial charge is 0.292 e. The molecule has 2 heterocycles. The molecule has 0 atom stereocenters. The van der Waals surface area contributed by atoms with Gasteiger partial charge < -0.3 is 0 Å². The third kappa shape index (κ3) is 1.61. The first-order valence-corrected chi connectivity index (χ1v) is 5.02. The summed E-state index contributed by atoms with van der Waals surface area (Å²) in [6, 6.07) is 1.67. The second-order valence-electron chi connectivity index (χ2n) is 3.27. The second-order valence-corrected chi connectivity index (χ2v) is 3.66. The zero-order valence-electron chi connectivity index (χ0n) is 8.49. The fourth-order valence-electron chi connectivity index (χ4n) is 1.50. The predicted molar refractivity (Wildman–Crippen MR) is 58.1 cm³/mol. The molecule has 0 amide bonds. The number of aromatic nitrogens is 3. The Labute approximate surface area is 91.9 Å². The normalized spacial score (nSPS) is 10.9. The number of ketones is 1. The lowest BCUT2D eigenvalue weighted by Gasteiger charge is -1.93. The Kier molecular flexibility index (Phi) is 2.44. The average molecular weight is 224 g/mol. The zero-order chi connectivity index (χ0) is 11.0. The molecule has 0 saturated carbocycles. The summed E-state index contributed by atoms with van der Waals surface area (Å²) in [4.78, 5) is 15.6. The first-order valence-electron chi connectivity index (χ1n) is 4.65. The maximum Gasteiger partial charge on any atom is 0.183 e. The van der Waals surface area contributed by atoms with Crippen molar-refractivity contribution >= 4 is 28.3 Å². The molecule has 0 aromatic carbocycles. The lowest BCUT2D eigenvalue weighted by atomic mass is 10.1. The first kappa shape index (κ1) is 10.1. The Hall–Kier alpha value is -1.42. The van der Waals surface area contributed by atoms with E-state index >= 15 is 0 Å². The van der Waals surface area contributed by atoms with E-state index in [1.807, 2.05) is 6.92 Å². The van der Waals surface area contributed by atoms with Crippen molar-refractivity contribution in [3.05, 3.63) is 23.1 Å². The minimum atomic E-state index is 0.0165. The van der Waals surface area contributed by atoms with Crippen molar-refractivity contribution in [3.63, 3.8) is 0 Å². The Morgan fingerprint density at radius 2 is 2.33 bits per heavy atom. The van der Waals surface area contributed by atoms with E-state index in [-0.39, 0.29) is 5.78 Å². The topological polar surface area (TPSA) is 47.8 Å². The highest BCUT2D eigenvalue weighted by Gasteiger charge is 2.14. The van der Waals surface area contributed by atoms with Gasteiger partial charge >= 0.3 is 0 Å². The van der Waals surface area contributed by atoms with E-state index in [4.69, 9.17) is 11.6 Å². The smallest absolute Gasteiger partial charge is 0.183 e. The van der Waals surface area contributed by atoms with Gasteiger partial charge in [0.2, 0.25) is 0 Å². The van der Waals surface area contributed by atoms with E-state index in [0.29, 0.717) is 17.3 Å². The Bertz CT molecular complexity index is 533.